The molecule has 0 atom stereocenters. The van der Waals surface area contributed by atoms with Gasteiger partial charge in [-0.05, 0) is 32.8 Å². The van der Waals surface area contributed by atoms with Crippen LogP contribution in [-0.2, 0) is 0 Å². The molecule has 1 saturated carbocycles. The molecule has 0 amide bonds. The minimum absolute atomic E-state index is 0.585. The average Bonchev–Trinajstić information content (AvgIpc) is 3.12. The van der Waals surface area contributed by atoms with Crippen molar-refractivity contribution >= 4 is 17.2 Å². The van der Waals surface area contributed by atoms with E-state index in [9.17, 15) is 0 Å². The van der Waals surface area contributed by atoms with Crippen LogP contribution in [0.15, 0.2) is 17.5 Å². The van der Waals surface area contributed by atoms with E-state index < -0.39 is 0 Å². The Morgan fingerprint density at radius 2 is 2.17 bits per heavy atom. The van der Waals surface area contributed by atoms with E-state index in [2.05, 4.69) is 41.7 Å². The average molecular weight is 259 g/mol. The van der Waals surface area contributed by atoms with Gasteiger partial charge in [0.05, 0.1) is 5.69 Å². The van der Waals surface area contributed by atoms with Gasteiger partial charge in [0.2, 0.25) is 0 Å². The van der Waals surface area contributed by atoms with Crippen molar-refractivity contribution in [3.8, 4) is 11.3 Å². The SMILES string of the molecule is CCNc1cc(-c2csc(C)c2)nc(C2CC2)n1. The normalized spacial score (nSPS) is 14.8. The van der Waals surface area contributed by atoms with Crippen molar-refractivity contribution in [1.29, 1.82) is 0 Å². The summed E-state index contributed by atoms with van der Waals surface area (Å²) < 4.78 is 0. The first-order chi connectivity index (χ1) is 8.76. The minimum atomic E-state index is 0.585. The summed E-state index contributed by atoms with van der Waals surface area (Å²) in [6, 6.07) is 4.25. The van der Waals surface area contributed by atoms with Crippen molar-refractivity contribution in [2.24, 2.45) is 0 Å². The van der Waals surface area contributed by atoms with Gasteiger partial charge in [-0.2, -0.15) is 0 Å². The molecule has 3 rings (SSSR count). The molecule has 2 aromatic rings. The topological polar surface area (TPSA) is 37.8 Å². The Hall–Kier alpha value is -1.42. The summed E-state index contributed by atoms with van der Waals surface area (Å²) in [7, 11) is 0. The third-order valence-corrected chi connectivity index (χ3v) is 3.93. The fraction of sp³-hybridized carbons (Fsp3) is 0.429. The van der Waals surface area contributed by atoms with Crippen LogP contribution >= 0.6 is 11.3 Å². The molecule has 1 fully saturated rings. The number of rotatable bonds is 4. The maximum atomic E-state index is 4.72. The van der Waals surface area contributed by atoms with Crippen LogP contribution in [-0.4, -0.2) is 16.5 Å². The summed E-state index contributed by atoms with van der Waals surface area (Å²) in [5, 5.41) is 5.47. The predicted octanol–water partition coefficient (Wildman–Crippen LogP) is 3.82. The highest BCUT2D eigenvalue weighted by Gasteiger charge is 2.27. The van der Waals surface area contributed by atoms with Crippen LogP contribution in [0.5, 0.6) is 0 Å². The predicted molar refractivity (Wildman–Crippen MR) is 76.2 cm³/mol. The van der Waals surface area contributed by atoms with Gasteiger partial charge in [0, 0.05) is 34.3 Å². The molecule has 0 bridgehead atoms. The lowest BCUT2D eigenvalue weighted by molar-refractivity contribution is 0.928. The van der Waals surface area contributed by atoms with E-state index in [1.807, 2.05) is 0 Å². The molecule has 0 saturated heterocycles. The molecule has 4 heteroatoms. The maximum Gasteiger partial charge on any atom is 0.134 e. The van der Waals surface area contributed by atoms with Gasteiger partial charge in [-0.3, -0.25) is 0 Å². The number of thiophene rings is 1. The van der Waals surface area contributed by atoms with Crippen LogP contribution < -0.4 is 5.32 Å². The first-order valence-corrected chi connectivity index (χ1v) is 7.32. The largest absolute Gasteiger partial charge is 0.370 e. The summed E-state index contributed by atoms with van der Waals surface area (Å²) in [5.41, 5.74) is 2.26. The highest BCUT2D eigenvalue weighted by molar-refractivity contribution is 7.10. The summed E-state index contributed by atoms with van der Waals surface area (Å²) >= 11 is 1.77. The first kappa shape index (κ1) is 11.7. The highest BCUT2D eigenvalue weighted by Crippen LogP contribution is 2.39. The van der Waals surface area contributed by atoms with Crippen molar-refractivity contribution in [2.45, 2.75) is 32.6 Å². The van der Waals surface area contributed by atoms with Crippen LogP contribution in [0, 0.1) is 6.92 Å². The Balaban J connectivity index is 2.01. The lowest BCUT2D eigenvalue weighted by atomic mass is 10.2. The number of aromatic nitrogens is 2. The van der Waals surface area contributed by atoms with Gasteiger partial charge in [-0.1, -0.05) is 0 Å². The lowest BCUT2D eigenvalue weighted by Crippen LogP contribution is -2.03. The Morgan fingerprint density at radius 3 is 2.78 bits per heavy atom. The molecule has 0 radical (unpaired) electrons. The zero-order valence-electron chi connectivity index (χ0n) is 10.7. The summed E-state index contributed by atoms with van der Waals surface area (Å²) in [6.07, 6.45) is 2.47. The van der Waals surface area contributed by atoms with Gasteiger partial charge in [-0.15, -0.1) is 11.3 Å². The second-order valence-electron chi connectivity index (χ2n) is 4.75. The number of hydrogen-bond acceptors (Lipinski definition) is 4. The molecule has 0 unspecified atom stereocenters. The van der Waals surface area contributed by atoms with Crippen molar-refractivity contribution in [1.82, 2.24) is 9.97 Å². The van der Waals surface area contributed by atoms with Gasteiger partial charge in [0.15, 0.2) is 0 Å². The molecule has 94 valence electrons. The zero-order chi connectivity index (χ0) is 12.5. The van der Waals surface area contributed by atoms with Crippen molar-refractivity contribution in [3.05, 3.63) is 28.2 Å². The van der Waals surface area contributed by atoms with Gasteiger partial charge in [0.1, 0.15) is 11.6 Å². The molecule has 0 spiro atoms. The van der Waals surface area contributed by atoms with Crippen LogP contribution in [0.1, 0.15) is 36.4 Å². The minimum Gasteiger partial charge on any atom is -0.370 e. The molecule has 0 aromatic carbocycles. The van der Waals surface area contributed by atoms with Gasteiger partial charge in [-0.25, -0.2) is 9.97 Å². The number of nitrogens with zero attached hydrogens (tertiary/aromatic N) is 2. The third-order valence-electron chi connectivity index (χ3n) is 3.07. The molecule has 1 N–H and O–H groups in total. The van der Waals surface area contributed by atoms with Crippen molar-refractivity contribution in [3.63, 3.8) is 0 Å². The van der Waals surface area contributed by atoms with Crippen LogP contribution in [0.2, 0.25) is 0 Å². The van der Waals surface area contributed by atoms with Gasteiger partial charge in [0.25, 0.3) is 0 Å². The molecular weight excluding hydrogens is 242 g/mol. The molecule has 2 heterocycles. The second-order valence-corrected chi connectivity index (χ2v) is 5.86. The van der Waals surface area contributed by atoms with Crippen molar-refractivity contribution < 1.29 is 0 Å². The zero-order valence-corrected chi connectivity index (χ0v) is 11.5. The molecule has 3 nitrogen and oxygen atoms in total. The van der Waals surface area contributed by atoms with E-state index >= 15 is 0 Å². The van der Waals surface area contributed by atoms with E-state index in [4.69, 9.17) is 4.98 Å². The summed E-state index contributed by atoms with van der Waals surface area (Å²) in [4.78, 5) is 10.6. The van der Waals surface area contributed by atoms with E-state index in [0.29, 0.717) is 5.92 Å². The number of hydrogen-bond donors (Lipinski definition) is 1. The van der Waals surface area contributed by atoms with E-state index in [1.54, 1.807) is 11.3 Å². The third kappa shape index (κ3) is 2.38. The Morgan fingerprint density at radius 1 is 1.33 bits per heavy atom. The monoisotopic (exact) mass is 259 g/mol. The quantitative estimate of drug-likeness (QED) is 0.907. The molecule has 18 heavy (non-hydrogen) atoms. The lowest BCUT2D eigenvalue weighted by Gasteiger charge is -2.07. The number of nitrogens with one attached hydrogen (secondary N) is 1. The molecule has 0 aliphatic heterocycles. The first-order valence-electron chi connectivity index (χ1n) is 6.44. The Labute approximate surface area is 111 Å². The van der Waals surface area contributed by atoms with Crippen LogP contribution in [0.3, 0.4) is 0 Å². The van der Waals surface area contributed by atoms with Gasteiger partial charge >= 0.3 is 0 Å². The summed E-state index contributed by atoms with van der Waals surface area (Å²) in [5.74, 6) is 2.54. The van der Waals surface area contributed by atoms with Crippen molar-refractivity contribution in [2.75, 3.05) is 11.9 Å². The van der Waals surface area contributed by atoms with Gasteiger partial charge < -0.3 is 5.32 Å². The molecule has 2 aromatic heterocycles. The number of aryl methyl sites for hydroxylation is 1. The second kappa shape index (κ2) is 4.69. The van der Waals surface area contributed by atoms with E-state index in [-0.39, 0.29) is 0 Å². The van der Waals surface area contributed by atoms with E-state index in [0.717, 1.165) is 23.9 Å². The maximum absolute atomic E-state index is 4.72. The fourth-order valence-electron chi connectivity index (χ4n) is 1.99. The van der Waals surface area contributed by atoms with Crippen LogP contribution in [0.4, 0.5) is 5.82 Å². The van der Waals surface area contributed by atoms with Crippen LogP contribution in [0.25, 0.3) is 11.3 Å². The molecule has 1 aliphatic rings. The standard InChI is InChI=1S/C14H17N3S/c1-3-15-13-7-12(11-6-9(2)18-8-11)16-14(17-13)10-4-5-10/h6-8,10H,3-5H2,1-2H3,(H,15,16,17). The Kier molecular flexibility index (Phi) is 3.04. The molecule has 1 aliphatic carbocycles. The fourth-order valence-corrected chi connectivity index (χ4v) is 2.68. The van der Waals surface area contributed by atoms with E-state index in [1.165, 1.54) is 23.3 Å². The number of anilines is 1. The Bertz CT molecular complexity index is 558. The molecular formula is C14H17N3S. The summed E-state index contributed by atoms with van der Waals surface area (Å²) in [6.45, 7) is 5.11. The highest BCUT2D eigenvalue weighted by atomic mass is 32.1. The smallest absolute Gasteiger partial charge is 0.134 e.